The second-order valence-corrected chi connectivity index (χ2v) is 4.88. The maximum atomic E-state index is 12.5. The van der Waals surface area contributed by atoms with Gasteiger partial charge in [0.05, 0.1) is 11.8 Å². The Morgan fingerprint density at radius 1 is 1.42 bits per heavy atom. The Hall–Kier alpha value is -1.75. The first-order valence-electron chi connectivity index (χ1n) is 6.04. The van der Waals surface area contributed by atoms with E-state index in [9.17, 15) is 4.79 Å². The first-order chi connectivity index (χ1) is 9.13. The Kier molecular flexibility index (Phi) is 4.27. The smallest absolute Gasteiger partial charge is 0.262 e. The molecule has 0 radical (unpaired) electrons. The maximum absolute atomic E-state index is 12.5. The maximum Gasteiger partial charge on any atom is 0.262 e. The summed E-state index contributed by atoms with van der Waals surface area (Å²) < 4.78 is 5.56. The lowest BCUT2D eigenvalue weighted by atomic mass is 10.2. The largest absolute Gasteiger partial charge is 0.457 e. The topological polar surface area (TPSA) is 59.5 Å². The molecular formula is C14H15BrN2O2. The predicted molar refractivity (Wildman–Crippen MR) is 79.2 cm³/mol. The number of amides is 1. The minimum Gasteiger partial charge on any atom is -0.457 e. The highest BCUT2D eigenvalue weighted by atomic mass is 79.9. The van der Waals surface area contributed by atoms with Gasteiger partial charge < -0.3 is 15.1 Å². The molecular weight excluding hydrogens is 308 g/mol. The summed E-state index contributed by atoms with van der Waals surface area (Å²) in [6.45, 7) is 2.65. The normalized spacial score (nSPS) is 10.4. The van der Waals surface area contributed by atoms with Crippen LogP contribution in [-0.2, 0) is 0 Å². The van der Waals surface area contributed by atoms with E-state index in [1.165, 1.54) is 6.26 Å². The Morgan fingerprint density at radius 2 is 2.21 bits per heavy atom. The van der Waals surface area contributed by atoms with Gasteiger partial charge in [0.25, 0.3) is 5.91 Å². The Morgan fingerprint density at radius 3 is 2.79 bits per heavy atom. The lowest BCUT2D eigenvalue weighted by Crippen LogP contribution is -2.31. The quantitative estimate of drug-likeness (QED) is 0.873. The number of carbonyl (C=O) groups is 1. The highest BCUT2D eigenvalue weighted by Crippen LogP contribution is 2.24. The molecule has 0 aliphatic carbocycles. The van der Waals surface area contributed by atoms with Crippen LogP contribution in [0.4, 0.5) is 11.4 Å². The third kappa shape index (κ3) is 2.98. The van der Waals surface area contributed by atoms with Crippen LogP contribution in [0.15, 0.2) is 45.7 Å². The molecule has 2 N–H and O–H groups in total. The number of halogens is 1. The van der Waals surface area contributed by atoms with Crippen molar-refractivity contribution in [3.63, 3.8) is 0 Å². The molecule has 5 heteroatoms. The SMILES string of the molecule is CCCN(C(=O)c1ccoc1Br)c1cccc(N)c1. The minimum atomic E-state index is -0.104. The van der Waals surface area contributed by atoms with Gasteiger partial charge in [-0.3, -0.25) is 4.79 Å². The molecule has 0 spiro atoms. The van der Waals surface area contributed by atoms with E-state index in [0.717, 1.165) is 12.1 Å². The Balaban J connectivity index is 2.35. The zero-order valence-corrected chi connectivity index (χ0v) is 12.2. The molecule has 19 heavy (non-hydrogen) atoms. The number of nitrogen functional groups attached to an aromatic ring is 1. The van der Waals surface area contributed by atoms with Crippen LogP contribution in [-0.4, -0.2) is 12.5 Å². The summed E-state index contributed by atoms with van der Waals surface area (Å²) in [5.41, 5.74) is 7.71. The van der Waals surface area contributed by atoms with Gasteiger partial charge in [0.2, 0.25) is 0 Å². The number of carbonyl (C=O) groups excluding carboxylic acids is 1. The molecule has 0 unspecified atom stereocenters. The molecule has 1 aromatic heterocycles. The first-order valence-corrected chi connectivity index (χ1v) is 6.83. The molecule has 0 saturated heterocycles. The molecule has 1 aromatic carbocycles. The fraction of sp³-hybridized carbons (Fsp3) is 0.214. The number of hydrogen-bond donors (Lipinski definition) is 1. The molecule has 0 bridgehead atoms. The summed E-state index contributed by atoms with van der Waals surface area (Å²) in [6.07, 6.45) is 2.34. The number of nitrogens with zero attached hydrogens (tertiary/aromatic N) is 1. The summed E-state index contributed by atoms with van der Waals surface area (Å²) in [4.78, 5) is 14.2. The number of benzene rings is 1. The van der Waals surface area contributed by atoms with Crippen LogP contribution in [0.2, 0.25) is 0 Å². The van der Waals surface area contributed by atoms with E-state index in [4.69, 9.17) is 10.2 Å². The monoisotopic (exact) mass is 322 g/mol. The third-order valence-corrected chi connectivity index (χ3v) is 3.34. The standard InChI is InChI=1S/C14H15BrN2O2/c1-2-7-17(11-5-3-4-10(16)9-11)14(18)12-6-8-19-13(12)15/h3-6,8-9H,2,7,16H2,1H3. The summed E-state index contributed by atoms with van der Waals surface area (Å²) >= 11 is 3.23. The molecule has 0 fully saturated rings. The van der Waals surface area contributed by atoms with Gasteiger partial charge in [-0.1, -0.05) is 13.0 Å². The van der Waals surface area contributed by atoms with Crippen molar-refractivity contribution in [1.82, 2.24) is 0 Å². The lowest BCUT2D eigenvalue weighted by Gasteiger charge is -2.22. The van der Waals surface area contributed by atoms with Crippen LogP contribution in [0.3, 0.4) is 0 Å². The summed E-state index contributed by atoms with van der Waals surface area (Å²) in [5.74, 6) is -0.104. The zero-order valence-electron chi connectivity index (χ0n) is 10.6. The van der Waals surface area contributed by atoms with Crippen LogP contribution < -0.4 is 10.6 Å². The van der Waals surface area contributed by atoms with Crippen molar-refractivity contribution in [2.24, 2.45) is 0 Å². The second-order valence-electron chi connectivity index (χ2n) is 4.16. The van der Waals surface area contributed by atoms with E-state index >= 15 is 0 Å². The van der Waals surface area contributed by atoms with Gasteiger partial charge >= 0.3 is 0 Å². The van der Waals surface area contributed by atoms with E-state index in [2.05, 4.69) is 15.9 Å². The molecule has 1 heterocycles. The van der Waals surface area contributed by atoms with Crippen molar-refractivity contribution in [3.8, 4) is 0 Å². The van der Waals surface area contributed by atoms with Gasteiger partial charge in [0.15, 0.2) is 4.67 Å². The van der Waals surface area contributed by atoms with Crippen LogP contribution >= 0.6 is 15.9 Å². The van der Waals surface area contributed by atoms with Crippen molar-refractivity contribution < 1.29 is 9.21 Å². The molecule has 0 atom stereocenters. The molecule has 100 valence electrons. The third-order valence-electron chi connectivity index (χ3n) is 2.72. The Bertz CT molecular complexity index is 580. The van der Waals surface area contributed by atoms with Crippen LogP contribution in [0.25, 0.3) is 0 Å². The first kappa shape index (κ1) is 13.7. The van der Waals surface area contributed by atoms with Crippen molar-refractivity contribution in [1.29, 1.82) is 0 Å². The fourth-order valence-corrected chi connectivity index (χ4v) is 2.27. The molecule has 0 saturated carbocycles. The van der Waals surface area contributed by atoms with Gasteiger partial charge in [0, 0.05) is 17.9 Å². The molecule has 0 aliphatic heterocycles. The molecule has 4 nitrogen and oxygen atoms in total. The summed E-state index contributed by atoms with van der Waals surface area (Å²) in [7, 11) is 0. The molecule has 1 amide bonds. The van der Waals surface area contributed by atoms with E-state index in [1.807, 2.05) is 19.1 Å². The van der Waals surface area contributed by atoms with E-state index < -0.39 is 0 Å². The number of hydrogen-bond acceptors (Lipinski definition) is 3. The van der Waals surface area contributed by atoms with Crippen molar-refractivity contribution in [2.75, 3.05) is 17.2 Å². The van der Waals surface area contributed by atoms with Gasteiger partial charge in [0.1, 0.15) is 0 Å². The van der Waals surface area contributed by atoms with Crippen molar-refractivity contribution >= 4 is 33.2 Å². The molecule has 0 aliphatic rings. The van der Waals surface area contributed by atoms with Crippen molar-refractivity contribution in [2.45, 2.75) is 13.3 Å². The zero-order chi connectivity index (χ0) is 13.8. The fourth-order valence-electron chi connectivity index (χ4n) is 1.86. The molecule has 2 aromatic rings. The number of furan rings is 1. The summed E-state index contributed by atoms with van der Waals surface area (Å²) in [6, 6.07) is 8.96. The highest BCUT2D eigenvalue weighted by Gasteiger charge is 2.21. The van der Waals surface area contributed by atoms with Gasteiger partial charge in [-0.2, -0.15) is 0 Å². The van der Waals surface area contributed by atoms with E-state index in [1.54, 1.807) is 23.1 Å². The van der Waals surface area contributed by atoms with E-state index in [0.29, 0.717) is 22.5 Å². The lowest BCUT2D eigenvalue weighted by molar-refractivity contribution is 0.0985. The summed E-state index contributed by atoms with van der Waals surface area (Å²) in [5, 5.41) is 0. The average Bonchev–Trinajstić information content (AvgIpc) is 2.81. The van der Waals surface area contributed by atoms with Crippen LogP contribution in [0.1, 0.15) is 23.7 Å². The second kappa shape index (κ2) is 5.93. The molecule has 2 rings (SSSR count). The predicted octanol–water partition coefficient (Wildman–Crippen LogP) is 3.68. The highest BCUT2D eigenvalue weighted by molar-refractivity contribution is 9.10. The van der Waals surface area contributed by atoms with Crippen LogP contribution in [0, 0.1) is 0 Å². The van der Waals surface area contributed by atoms with Gasteiger partial charge in [-0.05, 0) is 46.6 Å². The average molecular weight is 323 g/mol. The van der Waals surface area contributed by atoms with Crippen molar-refractivity contribution in [3.05, 3.63) is 46.8 Å². The van der Waals surface area contributed by atoms with Crippen LogP contribution in [0.5, 0.6) is 0 Å². The number of anilines is 2. The van der Waals surface area contributed by atoms with E-state index in [-0.39, 0.29) is 5.91 Å². The number of nitrogens with two attached hydrogens (primary N) is 1. The minimum absolute atomic E-state index is 0.104. The number of rotatable bonds is 4. The Labute approximate surface area is 120 Å². The van der Waals surface area contributed by atoms with Gasteiger partial charge in [-0.15, -0.1) is 0 Å². The van der Waals surface area contributed by atoms with Gasteiger partial charge in [-0.25, -0.2) is 0 Å².